The molecule has 6 heteroatoms. The van der Waals surface area contributed by atoms with Gasteiger partial charge in [0, 0.05) is 32.8 Å². The van der Waals surface area contributed by atoms with E-state index in [9.17, 15) is 0 Å². The fourth-order valence-corrected chi connectivity index (χ4v) is 3.22. The van der Waals surface area contributed by atoms with Gasteiger partial charge in [-0.25, -0.2) is 0 Å². The van der Waals surface area contributed by atoms with Gasteiger partial charge >= 0.3 is 0 Å². The Hall–Kier alpha value is -0.0800. The van der Waals surface area contributed by atoms with Crippen molar-refractivity contribution < 1.29 is 4.74 Å². The van der Waals surface area contributed by atoms with Crippen molar-refractivity contribution in [3.8, 4) is 0 Å². The maximum Gasteiger partial charge on any atom is 0.191 e. The first-order chi connectivity index (χ1) is 9.67. The summed E-state index contributed by atoms with van der Waals surface area (Å²) in [6.45, 7) is 9.49. The van der Waals surface area contributed by atoms with Crippen LogP contribution in [0.1, 0.15) is 39.5 Å². The van der Waals surface area contributed by atoms with Gasteiger partial charge in [0.2, 0.25) is 0 Å². The molecule has 2 aliphatic rings. The molecule has 2 saturated heterocycles. The van der Waals surface area contributed by atoms with Crippen LogP contribution in [-0.4, -0.2) is 62.3 Å². The molecule has 0 saturated carbocycles. The summed E-state index contributed by atoms with van der Waals surface area (Å²) in [6.07, 6.45) is 4.90. The summed E-state index contributed by atoms with van der Waals surface area (Å²) in [6, 6.07) is 0.650. The Kier molecular flexibility index (Phi) is 8.26. The van der Waals surface area contributed by atoms with E-state index >= 15 is 0 Å². The molecule has 2 atom stereocenters. The van der Waals surface area contributed by atoms with Gasteiger partial charge in [-0.05, 0) is 45.7 Å². The van der Waals surface area contributed by atoms with Crippen LogP contribution in [0.25, 0.3) is 0 Å². The van der Waals surface area contributed by atoms with Gasteiger partial charge < -0.3 is 15.4 Å². The minimum atomic E-state index is -0.0273. The van der Waals surface area contributed by atoms with E-state index in [2.05, 4.69) is 34.4 Å². The van der Waals surface area contributed by atoms with E-state index in [0.29, 0.717) is 6.04 Å². The van der Waals surface area contributed by atoms with Crippen LogP contribution >= 0.6 is 24.0 Å². The second-order valence-corrected chi connectivity index (χ2v) is 6.13. The summed E-state index contributed by atoms with van der Waals surface area (Å²) in [7, 11) is 1.83. The summed E-state index contributed by atoms with van der Waals surface area (Å²) in [5.41, 5.74) is -0.0273. The molecule has 2 aliphatic heterocycles. The van der Waals surface area contributed by atoms with Crippen molar-refractivity contribution in [3.05, 3.63) is 0 Å². The molecule has 0 aromatic carbocycles. The van der Waals surface area contributed by atoms with Crippen molar-refractivity contribution in [2.45, 2.75) is 51.2 Å². The van der Waals surface area contributed by atoms with E-state index in [-0.39, 0.29) is 29.6 Å². The van der Waals surface area contributed by atoms with Gasteiger partial charge in [0.05, 0.1) is 5.60 Å². The molecule has 2 unspecified atom stereocenters. The molecule has 2 heterocycles. The Balaban J connectivity index is 0.00000220. The quantitative estimate of drug-likeness (QED) is 0.413. The zero-order chi connectivity index (χ0) is 14.4. The zero-order valence-electron chi connectivity index (χ0n) is 13.7. The standard InChI is InChI=1S/C15H30N4O.HI/c1-4-19-9-5-7-13(19)11-17-14(16-3)18-12-15(2)8-6-10-20-15;/h13H,4-12H2,1-3H3,(H2,16,17,18);1H. The predicted molar refractivity (Wildman–Crippen MR) is 98.6 cm³/mol. The lowest BCUT2D eigenvalue weighted by Gasteiger charge is -2.26. The van der Waals surface area contributed by atoms with Gasteiger partial charge in [-0.3, -0.25) is 9.89 Å². The number of likely N-dealkylation sites (N-methyl/N-ethyl adjacent to an activating group) is 1. The topological polar surface area (TPSA) is 48.9 Å². The Bertz CT molecular complexity index is 332. The molecule has 2 N–H and O–H groups in total. The molecule has 0 amide bonds. The van der Waals surface area contributed by atoms with Crippen LogP contribution in [-0.2, 0) is 4.74 Å². The lowest BCUT2D eigenvalue weighted by Crippen LogP contribution is -2.48. The Morgan fingerprint density at radius 3 is 2.81 bits per heavy atom. The van der Waals surface area contributed by atoms with Crippen molar-refractivity contribution >= 4 is 29.9 Å². The third-order valence-corrected chi connectivity index (χ3v) is 4.56. The number of aliphatic imine (C=N–C) groups is 1. The third-order valence-electron chi connectivity index (χ3n) is 4.56. The second kappa shape index (κ2) is 9.15. The van der Waals surface area contributed by atoms with Gasteiger partial charge in [-0.1, -0.05) is 6.92 Å². The van der Waals surface area contributed by atoms with Crippen LogP contribution in [0.5, 0.6) is 0 Å². The van der Waals surface area contributed by atoms with Gasteiger partial charge in [0.25, 0.3) is 0 Å². The van der Waals surface area contributed by atoms with Crippen molar-refractivity contribution in [1.82, 2.24) is 15.5 Å². The molecular formula is C15H31IN4O. The predicted octanol–water partition coefficient (Wildman–Crippen LogP) is 1.82. The molecule has 0 aromatic heterocycles. The summed E-state index contributed by atoms with van der Waals surface area (Å²) in [4.78, 5) is 6.86. The largest absolute Gasteiger partial charge is 0.373 e. The van der Waals surface area contributed by atoms with Crippen molar-refractivity contribution in [2.75, 3.05) is 39.8 Å². The highest BCUT2D eigenvalue weighted by Crippen LogP contribution is 2.23. The third kappa shape index (κ3) is 5.56. The summed E-state index contributed by atoms with van der Waals surface area (Å²) in [5, 5.41) is 6.86. The summed E-state index contributed by atoms with van der Waals surface area (Å²) < 4.78 is 5.79. The highest BCUT2D eigenvalue weighted by Gasteiger charge is 2.30. The molecule has 0 aromatic rings. The minimum absolute atomic E-state index is 0. The number of nitrogens with one attached hydrogen (secondary N) is 2. The molecule has 0 radical (unpaired) electrons. The van der Waals surface area contributed by atoms with Crippen molar-refractivity contribution in [1.29, 1.82) is 0 Å². The van der Waals surface area contributed by atoms with Crippen molar-refractivity contribution in [2.24, 2.45) is 4.99 Å². The smallest absolute Gasteiger partial charge is 0.191 e. The van der Waals surface area contributed by atoms with E-state index in [0.717, 1.165) is 45.0 Å². The lowest BCUT2D eigenvalue weighted by molar-refractivity contribution is 0.0242. The number of rotatable bonds is 5. The summed E-state index contributed by atoms with van der Waals surface area (Å²) in [5.74, 6) is 0.893. The average molecular weight is 410 g/mol. The number of likely N-dealkylation sites (tertiary alicyclic amines) is 1. The SMILES string of the molecule is CCN1CCCC1CNC(=NC)NCC1(C)CCCO1.I. The first-order valence-electron chi connectivity index (χ1n) is 7.99. The normalized spacial score (nSPS) is 30.2. The average Bonchev–Trinajstić information content (AvgIpc) is 3.08. The van der Waals surface area contributed by atoms with Crippen LogP contribution in [0.4, 0.5) is 0 Å². The first-order valence-corrected chi connectivity index (χ1v) is 7.99. The van der Waals surface area contributed by atoms with Crippen LogP contribution in [0.15, 0.2) is 4.99 Å². The van der Waals surface area contributed by atoms with E-state index < -0.39 is 0 Å². The van der Waals surface area contributed by atoms with Gasteiger partial charge in [-0.2, -0.15) is 0 Å². The monoisotopic (exact) mass is 410 g/mol. The zero-order valence-corrected chi connectivity index (χ0v) is 16.0. The Morgan fingerprint density at radius 1 is 1.38 bits per heavy atom. The highest BCUT2D eigenvalue weighted by molar-refractivity contribution is 14.0. The molecule has 124 valence electrons. The molecule has 0 bridgehead atoms. The molecule has 5 nitrogen and oxygen atoms in total. The van der Waals surface area contributed by atoms with E-state index in [1.807, 2.05) is 7.05 Å². The van der Waals surface area contributed by atoms with E-state index in [1.165, 1.54) is 19.4 Å². The maximum atomic E-state index is 5.79. The van der Waals surface area contributed by atoms with Crippen LogP contribution in [0.3, 0.4) is 0 Å². The molecule has 2 fully saturated rings. The summed E-state index contributed by atoms with van der Waals surface area (Å²) >= 11 is 0. The highest BCUT2D eigenvalue weighted by atomic mass is 127. The van der Waals surface area contributed by atoms with Gasteiger partial charge in [0.1, 0.15) is 0 Å². The van der Waals surface area contributed by atoms with Gasteiger partial charge in [-0.15, -0.1) is 24.0 Å². The fourth-order valence-electron chi connectivity index (χ4n) is 3.22. The van der Waals surface area contributed by atoms with E-state index in [1.54, 1.807) is 0 Å². The first kappa shape index (κ1) is 19.0. The van der Waals surface area contributed by atoms with E-state index in [4.69, 9.17) is 4.74 Å². The lowest BCUT2D eigenvalue weighted by atomic mass is 10.0. The molecule has 0 spiro atoms. The fraction of sp³-hybridized carbons (Fsp3) is 0.933. The molecule has 21 heavy (non-hydrogen) atoms. The Morgan fingerprint density at radius 2 is 2.19 bits per heavy atom. The number of hydrogen-bond acceptors (Lipinski definition) is 3. The van der Waals surface area contributed by atoms with Crippen LogP contribution in [0.2, 0.25) is 0 Å². The number of halogens is 1. The number of hydrogen-bond donors (Lipinski definition) is 2. The van der Waals surface area contributed by atoms with Crippen LogP contribution < -0.4 is 10.6 Å². The molecular weight excluding hydrogens is 379 g/mol. The number of nitrogens with zero attached hydrogens (tertiary/aromatic N) is 2. The maximum absolute atomic E-state index is 5.79. The van der Waals surface area contributed by atoms with Crippen LogP contribution in [0, 0.1) is 0 Å². The minimum Gasteiger partial charge on any atom is -0.373 e. The number of guanidine groups is 1. The Labute approximate surface area is 146 Å². The number of ether oxygens (including phenoxy) is 1. The second-order valence-electron chi connectivity index (χ2n) is 6.13. The van der Waals surface area contributed by atoms with Gasteiger partial charge in [0.15, 0.2) is 5.96 Å². The van der Waals surface area contributed by atoms with Crippen molar-refractivity contribution in [3.63, 3.8) is 0 Å². The molecule has 0 aliphatic carbocycles. The molecule has 2 rings (SSSR count).